The van der Waals surface area contributed by atoms with Gasteiger partial charge in [-0.05, 0) is 105 Å². The Labute approximate surface area is 301 Å². The Morgan fingerprint density at radius 1 is 0.961 bits per heavy atom. The summed E-state index contributed by atoms with van der Waals surface area (Å²) in [5.41, 5.74) is -1.31. The number of ketones is 1. The van der Waals surface area contributed by atoms with Crippen molar-refractivity contribution in [3.63, 3.8) is 0 Å². The Bertz CT molecular complexity index is 1740. The second-order valence-corrected chi connectivity index (χ2v) is 16.9. The highest BCUT2D eigenvalue weighted by molar-refractivity contribution is 6.08. The molecule has 9 unspecified atom stereocenters. The van der Waals surface area contributed by atoms with Gasteiger partial charge in [0.05, 0.1) is 51.3 Å². The topological polar surface area (TPSA) is 119 Å². The summed E-state index contributed by atoms with van der Waals surface area (Å²) in [5.74, 6) is 1.49. The lowest BCUT2D eigenvalue weighted by Crippen LogP contribution is -2.67. The zero-order chi connectivity index (χ0) is 35.8. The number of carbonyl (C=O) groups excluding carboxylic acids is 2. The van der Waals surface area contributed by atoms with E-state index in [1.807, 2.05) is 23.1 Å². The van der Waals surface area contributed by atoms with Gasteiger partial charge in [-0.25, -0.2) is 0 Å². The van der Waals surface area contributed by atoms with Crippen molar-refractivity contribution in [1.29, 1.82) is 0 Å². The van der Waals surface area contributed by atoms with E-state index in [1.54, 1.807) is 32.6 Å². The van der Waals surface area contributed by atoms with Gasteiger partial charge in [0.25, 0.3) is 0 Å². The van der Waals surface area contributed by atoms with E-state index < -0.39 is 27.9 Å². The van der Waals surface area contributed by atoms with E-state index in [2.05, 4.69) is 32.1 Å². The minimum atomic E-state index is -1.18. The molecule has 9 nitrogen and oxygen atoms in total. The molecule has 0 radical (unpaired) electrons. The molecule has 7 aliphatic rings. The number of benzene rings is 1. The number of hydrogen-bond acceptors (Lipinski definition) is 8. The van der Waals surface area contributed by atoms with Crippen molar-refractivity contribution < 1.29 is 38.4 Å². The number of aliphatic hydroxyl groups is 2. The number of allylic oxidation sites excluding steroid dienone is 4. The smallest absolute Gasteiger partial charge is 0.227 e. The summed E-state index contributed by atoms with van der Waals surface area (Å²) in [6.45, 7) is 5.90. The zero-order valence-corrected chi connectivity index (χ0v) is 30.5. The van der Waals surface area contributed by atoms with Gasteiger partial charge in [-0.15, -0.1) is 0 Å². The van der Waals surface area contributed by atoms with E-state index >= 15 is 0 Å². The van der Waals surface area contributed by atoms with E-state index in [0.29, 0.717) is 43.3 Å². The maximum absolute atomic E-state index is 14.5. The van der Waals surface area contributed by atoms with Gasteiger partial charge >= 0.3 is 0 Å². The first-order chi connectivity index (χ1) is 24.4. The number of methoxy groups -OCH3 is 2. The highest BCUT2D eigenvalue weighted by atomic mass is 16.5. The minimum Gasteiger partial charge on any atom is -0.493 e. The first-order valence-corrected chi connectivity index (χ1v) is 18.9. The molecule has 2 aromatic rings. The molecule has 9 heteroatoms. The second kappa shape index (κ2) is 12.3. The average molecular weight is 700 g/mol. The molecule has 9 atom stereocenters. The van der Waals surface area contributed by atoms with Crippen LogP contribution in [0.2, 0.25) is 0 Å². The molecule has 2 spiro atoms. The molecule has 4 fully saturated rings. The summed E-state index contributed by atoms with van der Waals surface area (Å²) in [4.78, 5) is 30.7. The normalized spacial score (nSPS) is 39.1. The van der Waals surface area contributed by atoms with E-state index in [1.165, 1.54) is 0 Å². The Kier molecular flexibility index (Phi) is 8.39. The number of furan rings is 1. The lowest BCUT2D eigenvalue weighted by atomic mass is 9.32. The molecule has 1 amide bonds. The van der Waals surface area contributed by atoms with Gasteiger partial charge in [0.2, 0.25) is 11.7 Å². The predicted molar refractivity (Wildman–Crippen MR) is 190 cm³/mol. The molecule has 3 saturated carbocycles. The number of hydrogen-bond donors (Lipinski definition) is 2. The highest BCUT2D eigenvalue weighted by Crippen LogP contribution is 2.78. The Morgan fingerprint density at radius 2 is 1.73 bits per heavy atom. The molecule has 51 heavy (non-hydrogen) atoms. The van der Waals surface area contributed by atoms with Crippen LogP contribution in [0.5, 0.6) is 11.5 Å². The Morgan fingerprint density at radius 3 is 2.45 bits per heavy atom. The third kappa shape index (κ3) is 5.04. The first-order valence-electron chi connectivity index (χ1n) is 18.9. The number of amides is 1. The number of carbonyl (C=O) groups is 2. The molecule has 9 rings (SSSR count). The summed E-state index contributed by atoms with van der Waals surface area (Å²) in [5, 5.41) is 24.0. The van der Waals surface area contributed by atoms with Crippen LogP contribution in [-0.2, 0) is 16.0 Å². The summed E-state index contributed by atoms with van der Waals surface area (Å²) >= 11 is 0. The molecule has 2 bridgehead atoms. The van der Waals surface area contributed by atoms with Crippen molar-refractivity contribution in [2.75, 3.05) is 33.9 Å². The Hall–Kier alpha value is -3.40. The van der Waals surface area contributed by atoms with Crippen LogP contribution in [-0.4, -0.2) is 78.5 Å². The van der Waals surface area contributed by atoms with Gasteiger partial charge in [-0.3, -0.25) is 9.59 Å². The van der Waals surface area contributed by atoms with Crippen LogP contribution >= 0.6 is 0 Å². The fourth-order valence-electron chi connectivity index (χ4n) is 12.0. The monoisotopic (exact) mass is 699 g/mol. The SMILES string of the molecule is COc1ccc(CC(=O)N(CC2CCCO2)CC2(O)CCC3C45C=CC6(C=C4C(=O)c4ccco4)CC(O)CCC6(C)C5CCC32C)cc1OC. The number of rotatable bonds is 10. The van der Waals surface area contributed by atoms with Gasteiger partial charge in [0, 0.05) is 35.0 Å². The summed E-state index contributed by atoms with van der Waals surface area (Å²) in [6.07, 6.45) is 15.0. The van der Waals surface area contributed by atoms with Crippen molar-refractivity contribution in [3.8, 4) is 11.5 Å². The van der Waals surface area contributed by atoms with Crippen LogP contribution in [0, 0.1) is 33.5 Å². The van der Waals surface area contributed by atoms with Crippen molar-refractivity contribution in [1.82, 2.24) is 4.90 Å². The molecule has 1 aromatic carbocycles. The fraction of sp³-hybridized carbons (Fsp3) is 0.619. The van der Waals surface area contributed by atoms with Crippen LogP contribution < -0.4 is 9.47 Å². The number of aliphatic hydroxyl groups excluding tert-OH is 1. The highest BCUT2D eigenvalue weighted by Gasteiger charge is 2.74. The van der Waals surface area contributed by atoms with Gasteiger partial charge in [0.15, 0.2) is 17.3 Å². The molecular weight excluding hydrogens is 646 g/mol. The Balaban J connectivity index is 1.15. The van der Waals surface area contributed by atoms with Gasteiger partial charge in [-0.1, -0.05) is 38.1 Å². The number of nitrogens with zero attached hydrogens (tertiary/aromatic N) is 1. The number of Topliss-reactive ketones (excluding diaryl/α,β-unsaturated/α-hetero) is 1. The maximum atomic E-state index is 14.5. The molecular formula is C42H53NO8. The number of fused-ring (bicyclic) bond motifs is 1. The first kappa shape index (κ1) is 34.7. The molecule has 274 valence electrons. The van der Waals surface area contributed by atoms with Crippen molar-refractivity contribution >= 4 is 11.7 Å². The zero-order valence-electron chi connectivity index (χ0n) is 30.5. The van der Waals surface area contributed by atoms with Crippen LogP contribution in [0.1, 0.15) is 87.8 Å². The van der Waals surface area contributed by atoms with Crippen LogP contribution in [0.15, 0.2) is 64.8 Å². The standard InChI is InChI=1S/C42H53NO8/c1-38-14-11-28(44)23-40(38)17-18-42(30(24-40)37(46)32-8-6-20-51-32)34(38)12-15-39(2)35(42)13-16-41(39,47)26-43(25-29-7-5-19-50-29)36(45)22-27-9-10-31(48-3)33(21-27)49-4/h6,8-10,17-18,20-21,24,28-29,34-35,44,47H,5,7,11-16,19,22-23,25-26H2,1-4H3. The van der Waals surface area contributed by atoms with Crippen LogP contribution in [0.4, 0.5) is 0 Å². The average Bonchev–Trinajstić information content (AvgIpc) is 3.90. The fourth-order valence-corrected chi connectivity index (χ4v) is 12.0. The van der Waals surface area contributed by atoms with Crippen LogP contribution in [0.25, 0.3) is 0 Å². The van der Waals surface area contributed by atoms with Crippen molar-refractivity contribution in [3.05, 3.63) is 71.7 Å². The van der Waals surface area contributed by atoms with Crippen molar-refractivity contribution in [2.45, 2.75) is 95.9 Å². The van der Waals surface area contributed by atoms with Crippen LogP contribution in [0.3, 0.4) is 0 Å². The maximum Gasteiger partial charge on any atom is 0.227 e. The molecule has 1 aromatic heterocycles. The summed E-state index contributed by atoms with van der Waals surface area (Å²) < 4.78 is 22.7. The lowest BCUT2D eigenvalue weighted by molar-refractivity contribution is -0.179. The lowest BCUT2D eigenvalue weighted by Gasteiger charge is -2.71. The minimum absolute atomic E-state index is 0.0253. The van der Waals surface area contributed by atoms with E-state index in [4.69, 9.17) is 18.6 Å². The van der Waals surface area contributed by atoms with E-state index in [9.17, 15) is 19.8 Å². The van der Waals surface area contributed by atoms with E-state index in [-0.39, 0.29) is 48.0 Å². The van der Waals surface area contributed by atoms with Crippen molar-refractivity contribution in [2.24, 2.45) is 33.5 Å². The third-order valence-electron chi connectivity index (χ3n) is 14.8. The predicted octanol–water partition coefficient (Wildman–Crippen LogP) is 6.32. The largest absolute Gasteiger partial charge is 0.493 e. The molecule has 6 aliphatic carbocycles. The van der Waals surface area contributed by atoms with Gasteiger partial charge in [-0.2, -0.15) is 0 Å². The summed E-state index contributed by atoms with van der Waals surface area (Å²) in [7, 11) is 3.18. The molecule has 2 N–H and O–H groups in total. The quantitative estimate of drug-likeness (QED) is 0.219. The number of ether oxygens (including phenoxy) is 3. The molecule has 1 saturated heterocycles. The molecule has 1 aliphatic heterocycles. The second-order valence-electron chi connectivity index (χ2n) is 16.9. The van der Waals surface area contributed by atoms with Gasteiger partial charge in [0.1, 0.15) is 0 Å². The van der Waals surface area contributed by atoms with E-state index in [0.717, 1.165) is 56.1 Å². The van der Waals surface area contributed by atoms with Gasteiger partial charge < -0.3 is 33.7 Å². The summed E-state index contributed by atoms with van der Waals surface area (Å²) in [6, 6.07) is 9.05. The molecule has 2 heterocycles. The third-order valence-corrected chi connectivity index (χ3v) is 14.8.